The molecule has 3 amide bonds. The Morgan fingerprint density at radius 2 is 1.88 bits per heavy atom. The fourth-order valence-corrected chi connectivity index (χ4v) is 6.56. The van der Waals surface area contributed by atoms with E-state index in [4.69, 9.17) is 9.47 Å². The topological polar surface area (TPSA) is 71.1 Å². The first-order valence-electron chi connectivity index (χ1n) is 15.4. The number of fused-ring (bicyclic) bond motifs is 4. The maximum absolute atomic E-state index is 13.9. The Labute approximate surface area is 239 Å². The van der Waals surface area contributed by atoms with Gasteiger partial charge in [-0.05, 0) is 67.3 Å². The number of nitrogens with zero attached hydrogens (tertiary/aromatic N) is 2. The van der Waals surface area contributed by atoms with Gasteiger partial charge in [0.1, 0.15) is 5.75 Å². The van der Waals surface area contributed by atoms with Crippen molar-refractivity contribution in [1.82, 2.24) is 15.1 Å². The lowest BCUT2D eigenvalue weighted by Gasteiger charge is -2.51. The van der Waals surface area contributed by atoms with Gasteiger partial charge < -0.3 is 24.6 Å². The van der Waals surface area contributed by atoms with E-state index < -0.39 is 0 Å². The van der Waals surface area contributed by atoms with Crippen LogP contribution in [0.15, 0.2) is 48.5 Å². The van der Waals surface area contributed by atoms with Crippen molar-refractivity contribution in [2.24, 2.45) is 5.92 Å². The predicted molar refractivity (Wildman–Crippen MR) is 156 cm³/mol. The minimum absolute atomic E-state index is 0.0391. The first-order valence-corrected chi connectivity index (χ1v) is 15.4. The average Bonchev–Trinajstić information content (AvgIpc) is 2.98. The van der Waals surface area contributed by atoms with E-state index in [2.05, 4.69) is 48.3 Å². The number of nitrogens with one attached hydrogen (secondary N) is 1. The number of benzene rings is 2. The van der Waals surface area contributed by atoms with Crippen molar-refractivity contribution in [2.45, 2.75) is 83.3 Å². The summed E-state index contributed by atoms with van der Waals surface area (Å²) in [6, 6.07) is 16.0. The highest BCUT2D eigenvalue weighted by Crippen LogP contribution is 2.43. The third-order valence-electron chi connectivity index (χ3n) is 8.77. The summed E-state index contributed by atoms with van der Waals surface area (Å²) in [4.78, 5) is 31.7. The van der Waals surface area contributed by atoms with Crippen LogP contribution in [0.4, 0.5) is 4.79 Å². The van der Waals surface area contributed by atoms with Gasteiger partial charge in [-0.2, -0.15) is 0 Å². The SMILES string of the molecule is CCCCOC[C@H](NC(=O)N1CCC[C@@H]2C(=O)N3CCc4ccccc4[C@H]3C[C@@H]21)c1cccc(OCCCC)c1. The Bertz CT molecular complexity index is 1150. The van der Waals surface area contributed by atoms with Crippen LogP contribution >= 0.6 is 0 Å². The van der Waals surface area contributed by atoms with Crippen LogP contribution in [0.25, 0.3) is 0 Å². The van der Waals surface area contributed by atoms with Crippen molar-refractivity contribution in [3.05, 3.63) is 65.2 Å². The normalized spacial score (nSPS) is 22.6. The van der Waals surface area contributed by atoms with Gasteiger partial charge in [0, 0.05) is 25.7 Å². The van der Waals surface area contributed by atoms with Gasteiger partial charge >= 0.3 is 6.03 Å². The van der Waals surface area contributed by atoms with Gasteiger partial charge in [0.15, 0.2) is 0 Å². The molecule has 0 bridgehead atoms. The number of hydrogen-bond acceptors (Lipinski definition) is 4. The summed E-state index contributed by atoms with van der Waals surface area (Å²) in [5.74, 6) is 0.894. The van der Waals surface area contributed by atoms with Crippen molar-refractivity contribution in [2.75, 3.05) is 32.9 Å². The number of carbonyl (C=O) groups is 2. The zero-order valence-corrected chi connectivity index (χ0v) is 24.1. The molecule has 0 spiro atoms. The number of likely N-dealkylation sites (tertiary alicyclic amines) is 1. The fraction of sp³-hybridized carbons (Fsp3) is 0.576. The van der Waals surface area contributed by atoms with Crippen LogP contribution in [0.2, 0.25) is 0 Å². The Hall–Kier alpha value is -3.06. The molecule has 3 heterocycles. The van der Waals surface area contributed by atoms with Crippen LogP contribution in [0.1, 0.15) is 87.6 Å². The molecule has 5 rings (SSSR count). The lowest BCUT2D eigenvalue weighted by Crippen LogP contribution is -2.61. The van der Waals surface area contributed by atoms with Crippen molar-refractivity contribution in [1.29, 1.82) is 0 Å². The Kier molecular flexibility index (Phi) is 9.63. The molecule has 4 atom stereocenters. The molecule has 0 unspecified atom stereocenters. The van der Waals surface area contributed by atoms with Crippen molar-refractivity contribution >= 4 is 11.9 Å². The number of urea groups is 1. The molecule has 0 aliphatic carbocycles. The molecule has 7 nitrogen and oxygen atoms in total. The van der Waals surface area contributed by atoms with E-state index in [1.54, 1.807) is 0 Å². The van der Waals surface area contributed by atoms with Crippen LogP contribution < -0.4 is 10.1 Å². The molecule has 2 fully saturated rings. The summed E-state index contributed by atoms with van der Waals surface area (Å²) in [7, 11) is 0. The van der Waals surface area contributed by atoms with Crippen LogP contribution in [0.5, 0.6) is 5.75 Å². The monoisotopic (exact) mass is 547 g/mol. The number of hydrogen-bond donors (Lipinski definition) is 1. The minimum Gasteiger partial charge on any atom is -0.494 e. The molecule has 40 heavy (non-hydrogen) atoms. The molecule has 1 N–H and O–H groups in total. The summed E-state index contributed by atoms with van der Waals surface area (Å²) in [6.45, 7) is 7.46. The van der Waals surface area contributed by atoms with E-state index in [-0.39, 0.29) is 36.0 Å². The molecule has 0 aromatic heterocycles. The van der Waals surface area contributed by atoms with E-state index in [9.17, 15) is 9.59 Å². The Balaban J connectivity index is 1.33. The van der Waals surface area contributed by atoms with Gasteiger partial charge in [-0.3, -0.25) is 4.79 Å². The molecule has 7 heteroatoms. The van der Waals surface area contributed by atoms with E-state index >= 15 is 0 Å². The van der Waals surface area contributed by atoms with E-state index in [0.717, 1.165) is 69.2 Å². The molecule has 3 aliphatic rings. The summed E-state index contributed by atoms with van der Waals surface area (Å²) >= 11 is 0. The van der Waals surface area contributed by atoms with Crippen molar-refractivity contribution < 1.29 is 19.1 Å². The van der Waals surface area contributed by atoms with Gasteiger partial charge in [0.05, 0.1) is 31.2 Å². The largest absolute Gasteiger partial charge is 0.494 e. The molecule has 0 radical (unpaired) electrons. The Morgan fingerprint density at radius 3 is 2.73 bits per heavy atom. The lowest BCUT2D eigenvalue weighted by atomic mass is 9.76. The number of unbranched alkanes of at least 4 members (excludes halogenated alkanes) is 2. The van der Waals surface area contributed by atoms with Gasteiger partial charge in [0.25, 0.3) is 0 Å². The first-order chi connectivity index (χ1) is 19.6. The second-order valence-corrected chi connectivity index (χ2v) is 11.4. The molecule has 216 valence electrons. The number of amides is 3. The fourth-order valence-electron chi connectivity index (χ4n) is 6.56. The van der Waals surface area contributed by atoms with Gasteiger partial charge in [-0.25, -0.2) is 4.79 Å². The number of piperidine rings is 2. The predicted octanol–water partition coefficient (Wildman–Crippen LogP) is 6.04. The number of ether oxygens (including phenoxy) is 2. The maximum Gasteiger partial charge on any atom is 0.318 e. The standard InChI is InChI=1S/C33H45N3O4/c1-3-5-19-39-23-29(25-12-9-13-26(21-25)40-20-6-4-2)34-33(38)36-17-10-15-28-31(36)22-30-27-14-8-7-11-24(27)16-18-35(30)32(28)37/h7-9,11-14,21,28-31H,3-6,10,15-20,22-23H2,1-2H3,(H,34,38)/t28-,29-,30+,31-/m0/s1. The van der Waals surface area contributed by atoms with E-state index in [1.807, 2.05) is 29.2 Å². The number of carbonyl (C=O) groups excluding carboxylic acids is 2. The van der Waals surface area contributed by atoms with Crippen LogP contribution in [0, 0.1) is 5.92 Å². The number of rotatable bonds is 11. The molecular formula is C33H45N3O4. The molecule has 3 aliphatic heterocycles. The van der Waals surface area contributed by atoms with Crippen LogP contribution in [-0.2, 0) is 16.0 Å². The molecule has 2 saturated heterocycles. The first kappa shape index (κ1) is 28.5. The molecular weight excluding hydrogens is 502 g/mol. The van der Waals surface area contributed by atoms with Crippen molar-refractivity contribution in [3.8, 4) is 5.75 Å². The Morgan fingerprint density at radius 1 is 1.05 bits per heavy atom. The van der Waals surface area contributed by atoms with Crippen LogP contribution in [-0.4, -0.2) is 60.7 Å². The zero-order chi connectivity index (χ0) is 27.9. The summed E-state index contributed by atoms with van der Waals surface area (Å²) in [5.41, 5.74) is 3.54. The second kappa shape index (κ2) is 13.5. The molecule has 2 aromatic rings. The lowest BCUT2D eigenvalue weighted by molar-refractivity contribution is -0.148. The summed E-state index contributed by atoms with van der Waals surface area (Å²) < 4.78 is 12.0. The summed E-state index contributed by atoms with van der Waals surface area (Å²) in [6.07, 6.45) is 7.51. The average molecular weight is 548 g/mol. The van der Waals surface area contributed by atoms with Gasteiger partial charge in [0.2, 0.25) is 5.91 Å². The maximum atomic E-state index is 13.9. The minimum atomic E-state index is -0.300. The highest BCUT2D eigenvalue weighted by molar-refractivity contribution is 5.84. The van der Waals surface area contributed by atoms with Crippen LogP contribution in [0.3, 0.4) is 0 Å². The third-order valence-corrected chi connectivity index (χ3v) is 8.77. The van der Waals surface area contributed by atoms with Gasteiger partial charge in [-0.15, -0.1) is 0 Å². The second-order valence-electron chi connectivity index (χ2n) is 11.4. The smallest absolute Gasteiger partial charge is 0.318 e. The highest BCUT2D eigenvalue weighted by atomic mass is 16.5. The van der Waals surface area contributed by atoms with Crippen molar-refractivity contribution in [3.63, 3.8) is 0 Å². The third kappa shape index (κ3) is 6.30. The molecule has 2 aromatic carbocycles. The quantitative estimate of drug-likeness (QED) is 0.348. The van der Waals surface area contributed by atoms with E-state index in [1.165, 1.54) is 11.1 Å². The summed E-state index contributed by atoms with van der Waals surface area (Å²) in [5, 5.41) is 3.30. The van der Waals surface area contributed by atoms with E-state index in [0.29, 0.717) is 26.4 Å². The van der Waals surface area contributed by atoms with Gasteiger partial charge in [-0.1, -0.05) is 63.1 Å². The highest BCUT2D eigenvalue weighted by Gasteiger charge is 2.48. The zero-order valence-electron chi connectivity index (χ0n) is 24.1. The molecule has 0 saturated carbocycles.